The first kappa shape index (κ1) is 16.1. The average molecular weight is 348 g/mol. The van der Waals surface area contributed by atoms with Gasteiger partial charge in [0, 0.05) is 4.47 Å². The normalized spacial score (nSPS) is 11.0. The first-order valence-electron chi connectivity index (χ1n) is 7.28. The predicted molar refractivity (Wildman–Crippen MR) is 92.2 cm³/mol. The summed E-state index contributed by atoms with van der Waals surface area (Å²) in [6.45, 7) is 7.09. The number of ether oxygens (including phenoxy) is 1. The Morgan fingerprint density at radius 2 is 1.90 bits per heavy atom. The maximum Gasteiger partial charge on any atom is 0.130 e. The van der Waals surface area contributed by atoms with Crippen LogP contribution < -0.4 is 10.5 Å². The maximum absolute atomic E-state index is 6.05. The molecule has 0 aromatic heterocycles. The first-order chi connectivity index (χ1) is 10.0. The molecule has 0 aliphatic carbocycles. The summed E-state index contributed by atoms with van der Waals surface area (Å²) in [5, 5.41) is 0. The van der Waals surface area contributed by atoms with Crippen molar-refractivity contribution in [1.82, 2.24) is 0 Å². The van der Waals surface area contributed by atoms with Gasteiger partial charge >= 0.3 is 0 Å². The lowest BCUT2D eigenvalue weighted by Crippen LogP contribution is -2.03. The van der Waals surface area contributed by atoms with Crippen molar-refractivity contribution < 1.29 is 4.74 Å². The summed E-state index contributed by atoms with van der Waals surface area (Å²) in [7, 11) is 0. The van der Waals surface area contributed by atoms with Crippen molar-refractivity contribution in [3.63, 3.8) is 0 Å². The van der Waals surface area contributed by atoms with Crippen molar-refractivity contribution in [3.05, 3.63) is 57.6 Å². The molecule has 0 spiro atoms. The SMILES string of the molecule is Cc1ccc(C(C)C)cc1Oc1ccc(CCN)c(Br)c1. The van der Waals surface area contributed by atoms with Gasteiger partial charge in [0.1, 0.15) is 11.5 Å². The summed E-state index contributed by atoms with van der Waals surface area (Å²) in [6, 6.07) is 12.5. The van der Waals surface area contributed by atoms with Gasteiger partial charge in [-0.25, -0.2) is 0 Å². The standard InChI is InChI=1S/C18H22BrNO/c1-12(2)15-5-4-13(3)18(10-15)21-16-7-6-14(8-9-20)17(19)11-16/h4-7,10-12H,8-9,20H2,1-3H3. The third-order valence-electron chi connectivity index (χ3n) is 3.54. The van der Waals surface area contributed by atoms with E-state index in [0.29, 0.717) is 12.5 Å². The van der Waals surface area contributed by atoms with Gasteiger partial charge in [-0.1, -0.05) is 48.0 Å². The smallest absolute Gasteiger partial charge is 0.130 e. The Morgan fingerprint density at radius 3 is 2.52 bits per heavy atom. The lowest BCUT2D eigenvalue weighted by atomic mass is 10.0. The van der Waals surface area contributed by atoms with Crippen LogP contribution in [-0.2, 0) is 6.42 Å². The van der Waals surface area contributed by atoms with Gasteiger partial charge in [-0.3, -0.25) is 0 Å². The number of aryl methyl sites for hydroxylation is 1. The minimum absolute atomic E-state index is 0.492. The molecule has 21 heavy (non-hydrogen) atoms. The van der Waals surface area contributed by atoms with Crippen LogP contribution in [0.5, 0.6) is 11.5 Å². The highest BCUT2D eigenvalue weighted by Gasteiger charge is 2.07. The fourth-order valence-corrected chi connectivity index (χ4v) is 2.72. The van der Waals surface area contributed by atoms with Crippen LogP contribution in [-0.4, -0.2) is 6.54 Å². The third kappa shape index (κ3) is 4.08. The number of hydrogen-bond acceptors (Lipinski definition) is 2. The highest BCUT2D eigenvalue weighted by atomic mass is 79.9. The molecule has 0 saturated heterocycles. The molecule has 0 saturated carbocycles. The molecule has 0 radical (unpaired) electrons. The minimum atomic E-state index is 0.492. The number of nitrogens with two attached hydrogens (primary N) is 1. The van der Waals surface area contributed by atoms with Gasteiger partial charge in [-0.05, 0) is 60.7 Å². The van der Waals surface area contributed by atoms with E-state index >= 15 is 0 Å². The molecule has 2 aromatic carbocycles. The molecular formula is C18H22BrNO. The molecule has 2 nitrogen and oxygen atoms in total. The number of hydrogen-bond donors (Lipinski definition) is 1. The third-order valence-corrected chi connectivity index (χ3v) is 4.28. The largest absolute Gasteiger partial charge is 0.457 e. The lowest BCUT2D eigenvalue weighted by molar-refractivity contribution is 0.477. The van der Waals surface area contributed by atoms with Crippen LogP contribution in [0.1, 0.15) is 36.5 Å². The molecule has 0 fully saturated rings. The summed E-state index contributed by atoms with van der Waals surface area (Å²) < 4.78 is 7.10. The Hall–Kier alpha value is -1.32. The van der Waals surface area contributed by atoms with E-state index in [-0.39, 0.29) is 0 Å². The van der Waals surface area contributed by atoms with Crippen molar-refractivity contribution >= 4 is 15.9 Å². The molecule has 2 aromatic rings. The average Bonchev–Trinajstić information content (AvgIpc) is 2.44. The molecule has 0 aliphatic heterocycles. The molecule has 0 aliphatic rings. The highest BCUT2D eigenvalue weighted by molar-refractivity contribution is 9.10. The molecule has 0 bridgehead atoms. The zero-order valence-electron chi connectivity index (χ0n) is 12.8. The van der Waals surface area contributed by atoms with Crippen molar-refractivity contribution in [3.8, 4) is 11.5 Å². The minimum Gasteiger partial charge on any atom is -0.457 e. The maximum atomic E-state index is 6.05. The molecule has 0 amide bonds. The molecule has 0 heterocycles. The van der Waals surface area contributed by atoms with E-state index in [9.17, 15) is 0 Å². The Labute approximate surface area is 135 Å². The van der Waals surface area contributed by atoms with E-state index in [1.807, 2.05) is 12.1 Å². The molecule has 0 unspecified atom stereocenters. The van der Waals surface area contributed by atoms with Crippen molar-refractivity contribution in [2.45, 2.75) is 33.1 Å². The second kappa shape index (κ2) is 7.10. The lowest BCUT2D eigenvalue weighted by Gasteiger charge is -2.13. The van der Waals surface area contributed by atoms with Crippen LogP contribution in [0.15, 0.2) is 40.9 Å². The van der Waals surface area contributed by atoms with Gasteiger partial charge in [0.25, 0.3) is 0 Å². The molecule has 2 N–H and O–H groups in total. The van der Waals surface area contributed by atoms with E-state index in [2.05, 4.69) is 61.0 Å². The van der Waals surface area contributed by atoms with Crippen LogP contribution in [0.2, 0.25) is 0 Å². The van der Waals surface area contributed by atoms with Crippen molar-refractivity contribution in [1.29, 1.82) is 0 Å². The van der Waals surface area contributed by atoms with Gasteiger partial charge in [-0.15, -0.1) is 0 Å². The molecule has 112 valence electrons. The Balaban J connectivity index is 2.25. The van der Waals surface area contributed by atoms with Crippen LogP contribution in [0.3, 0.4) is 0 Å². The Bertz CT molecular complexity index is 623. The van der Waals surface area contributed by atoms with Crippen LogP contribution >= 0.6 is 15.9 Å². The Kier molecular flexibility index (Phi) is 5.43. The fourth-order valence-electron chi connectivity index (χ4n) is 2.16. The number of rotatable bonds is 5. The topological polar surface area (TPSA) is 35.2 Å². The monoisotopic (exact) mass is 347 g/mol. The van der Waals surface area contributed by atoms with E-state index in [0.717, 1.165) is 28.0 Å². The first-order valence-corrected chi connectivity index (χ1v) is 8.07. The second-order valence-electron chi connectivity index (χ2n) is 5.57. The van der Waals surface area contributed by atoms with Crippen molar-refractivity contribution in [2.24, 2.45) is 5.73 Å². The number of halogens is 1. The van der Waals surface area contributed by atoms with Gasteiger partial charge in [0.05, 0.1) is 0 Å². The molecule has 0 atom stereocenters. The van der Waals surface area contributed by atoms with E-state index in [1.54, 1.807) is 0 Å². The van der Waals surface area contributed by atoms with Crippen LogP contribution in [0, 0.1) is 6.92 Å². The quantitative estimate of drug-likeness (QED) is 0.809. The summed E-state index contributed by atoms with van der Waals surface area (Å²) in [4.78, 5) is 0. The van der Waals surface area contributed by atoms with Gasteiger partial charge in [-0.2, -0.15) is 0 Å². The summed E-state index contributed by atoms with van der Waals surface area (Å²) in [5.41, 5.74) is 9.24. The fraction of sp³-hybridized carbons (Fsp3) is 0.333. The molecule has 2 rings (SSSR count). The van der Waals surface area contributed by atoms with E-state index < -0.39 is 0 Å². The number of benzene rings is 2. The zero-order chi connectivity index (χ0) is 15.4. The van der Waals surface area contributed by atoms with Crippen LogP contribution in [0.4, 0.5) is 0 Å². The summed E-state index contributed by atoms with van der Waals surface area (Å²) >= 11 is 3.58. The Morgan fingerprint density at radius 1 is 1.14 bits per heavy atom. The molecule has 3 heteroatoms. The predicted octanol–water partition coefficient (Wildman–Crippen LogP) is 5.17. The van der Waals surface area contributed by atoms with Gasteiger partial charge in [0.2, 0.25) is 0 Å². The van der Waals surface area contributed by atoms with Gasteiger partial charge in [0.15, 0.2) is 0 Å². The highest BCUT2D eigenvalue weighted by Crippen LogP contribution is 2.31. The van der Waals surface area contributed by atoms with Crippen molar-refractivity contribution in [2.75, 3.05) is 6.54 Å². The second-order valence-corrected chi connectivity index (χ2v) is 6.43. The van der Waals surface area contributed by atoms with Gasteiger partial charge < -0.3 is 10.5 Å². The van der Waals surface area contributed by atoms with E-state index in [4.69, 9.17) is 10.5 Å². The summed E-state index contributed by atoms with van der Waals surface area (Å²) in [5.74, 6) is 2.25. The van der Waals surface area contributed by atoms with Crippen LogP contribution in [0.25, 0.3) is 0 Å². The molecular weight excluding hydrogens is 326 g/mol. The zero-order valence-corrected chi connectivity index (χ0v) is 14.4. The summed E-state index contributed by atoms with van der Waals surface area (Å²) in [6.07, 6.45) is 0.864. The van der Waals surface area contributed by atoms with E-state index in [1.165, 1.54) is 11.1 Å².